The van der Waals surface area contributed by atoms with Crippen LogP contribution in [0.5, 0.6) is 0 Å². The van der Waals surface area contributed by atoms with Gasteiger partial charge >= 0.3 is 0 Å². The summed E-state index contributed by atoms with van der Waals surface area (Å²) in [6, 6.07) is 2.52. The molecular weight excluding hydrogens is 366 g/mol. The second-order valence-electron chi connectivity index (χ2n) is 5.80. The van der Waals surface area contributed by atoms with E-state index in [0.717, 1.165) is 6.07 Å². The maximum atomic E-state index is 14.3. The second kappa shape index (κ2) is 6.76. The minimum absolute atomic E-state index is 0.240. The number of hydrogen-bond acceptors (Lipinski definition) is 3. The lowest BCUT2D eigenvalue weighted by molar-refractivity contribution is 0.0995. The van der Waals surface area contributed by atoms with E-state index in [2.05, 4.69) is 25.6 Å². The number of nitrogens with one attached hydrogen (secondary N) is 1. The van der Waals surface area contributed by atoms with Crippen molar-refractivity contribution in [2.75, 3.05) is 6.61 Å². The summed E-state index contributed by atoms with van der Waals surface area (Å²) in [6.45, 7) is 5.59. The first-order valence-corrected chi connectivity index (χ1v) is 8.23. The number of rotatable bonds is 5. The fourth-order valence-corrected chi connectivity index (χ4v) is 2.80. The van der Waals surface area contributed by atoms with E-state index >= 15 is 0 Å². The Bertz CT molecular complexity index is 539. The van der Waals surface area contributed by atoms with Crippen molar-refractivity contribution in [3.63, 3.8) is 0 Å². The van der Waals surface area contributed by atoms with Gasteiger partial charge in [0.05, 0.1) is 22.3 Å². The minimum atomic E-state index is -1.87. The van der Waals surface area contributed by atoms with Gasteiger partial charge in [0, 0.05) is 0 Å². The number of alkyl halides is 1. The fourth-order valence-electron chi connectivity index (χ4n) is 1.57. The van der Waals surface area contributed by atoms with Crippen molar-refractivity contribution in [3.05, 3.63) is 28.2 Å². The molecule has 1 unspecified atom stereocenters. The Balaban J connectivity index is 3.34. The number of nitrogens with zero attached hydrogens (tertiary/aromatic N) is 1. The molecule has 0 aliphatic rings. The van der Waals surface area contributed by atoms with Gasteiger partial charge in [-0.05, 0) is 55.8 Å². The largest absolute Gasteiger partial charge is 0.393 e. The summed E-state index contributed by atoms with van der Waals surface area (Å²) in [6.07, 6.45) is -1.87. The van der Waals surface area contributed by atoms with Gasteiger partial charge in [0.15, 0.2) is 0 Å². The van der Waals surface area contributed by atoms with Crippen LogP contribution in [0.15, 0.2) is 16.7 Å². The first-order valence-electron chi connectivity index (χ1n) is 6.29. The third kappa shape index (κ3) is 4.28. The maximum absolute atomic E-state index is 14.3. The molecule has 2 N–H and O–H groups in total. The number of aliphatic hydroxyl groups excluding tert-OH is 1. The third-order valence-corrected chi connectivity index (χ3v) is 5.12. The normalized spacial score (nSPS) is 18.1. The molecule has 0 saturated carbocycles. The molecule has 21 heavy (non-hydrogen) atoms. The molecule has 120 valence electrons. The van der Waals surface area contributed by atoms with E-state index in [1.54, 1.807) is 20.8 Å². The zero-order valence-electron chi connectivity index (χ0n) is 12.3. The van der Waals surface area contributed by atoms with Crippen molar-refractivity contribution in [2.45, 2.75) is 44.2 Å². The topological polar surface area (TPSA) is 62.2 Å². The number of pyridine rings is 1. The summed E-state index contributed by atoms with van der Waals surface area (Å²) in [7, 11) is -1.67. The summed E-state index contributed by atoms with van der Waals surface area (Å²) >= 11 is 3.10. The van der Waals surface area contributed by atoms with E-state index in [1.807, 2.05) is 0 Å². The second-order valence-corrected chi connectivity index (χ2v) is 8.58. The van der Waals surface area contributed by atoms with Gasteiger partial charge in [0.25, 0.3) is 0 Å². The molecule has 0 amide bonds. The van der Waals surface area contributed by atoms with E-state index in [1.165, 1.54) is 13.0 Å². The lowest BCUT2D eigenvalue weighted by Gasteiger charge is -2.35. The zero-order chi connectivity index (χ0) is 16.4. The molecule has 1 heterocycles. The SMILES string of the molecule is CC(C)(C)S(=O)N[C@](C)(c1nc(Br)ccc1F)[C@@H](F)CO. The standard InChI is InChI=1S/C13H19BrF2N2O2S/c1-12(2,3)21(20)18-13(4,9(16)7-19)11-8(15)5-6-10(14)17-11/h5-6,9,18-19H,7H2,1-4H3/t9-,13-,21?/m0/s1. The van der Waals surface area contributed by atoms with Gasteiger partial charge in [0.1, 0.15) is 27.8 Å². The van der Waals surface area contributed by atoms with Crippen LogP contribution in [0.2, 0.25) is 0 Å². The molecule has 1 aromatic rings. The quantitative estimate of drug-likeness (QED) is 0.766. The Labute approximate surface area is 134 Å². The van der Waals surface area contributed by atoms with Gasteiger partial charge in [-0.2, -0.15) is 0 Å². The van der Waals surface area contributed by atoms with E-state index in [4.69, 9.17) is 5.11 Å². The Kier molecular flexibility index (Phi) is 5.99. The maximum Gasteiger partial charge on any atom is 0.147 e. The van der Waals surface area contributed by atoms with Crippen molar-refractivity contribution >= 4 is 26.9 Å². The number of aromatic nitrogens is 1. The zero-order valence-corrected chi connectivity index (χ0v) is 14.7. The van der Waals surface area contributed by atoms with Crippen LogP contribution in [-0.2, 0) is 16.5 Å². The Hall–Kier alpha value is -0.440. The van der Waals surface area contributed by atoms with Crippen LogP contribution in [0.25, 0.3) is 0 Å². The van der Waals surface area contributed by atoms with Gasteiger partial charge in [-0.15, -0.1) is 0 Å². The Morgan fingerprint density at radius 1 is 1.43 bits per heavy atom. The highest BCUT2D eigenvalue weighted by Crippen LogP contribution is 2.30. The van der Waals surface area contributed by atoms with Crippen LogP contribution in [0.4, 0.5) is 8.78 Å². The van der Waals surface area contributed by atoms with Crippen LogP contribution < -0.4 is 4.72 Å². The van der Waals surface area contributed by atoms with Crippen molar-refractivity contribution in [1.82, 2.24) is 9.71 Å². The molecule has 0 aliphatic heterocycles. The minimum Gasteiger partial charge on any atom is -0.393 e. The fraction of sp³-hybridized carbons (Fsp3) is 0.615. The average molecular weight is 385 g/mol. The van der Waals surface area contributed by atoms with Gasteiger partial charge in [0.2, 0.25) is 0 Å². The molecule has 1 aromatic heterocycles. The van der Waals surface area contributed by atoms with Gasteiger partial charge in [-0.1, -0.05) is 0 Å². The van der Waals surface area contributed by atoms with E-state index < -0.39 is 39.9 Å². The molecule has 1 rings (SSSR count). The van der Waals surface area contributed by atoms with Crippen molar-refractivity contribution in [2.24, 2.45) is 0 Å². The van der Waals surface area contributed by atoms with Gasteiger partial charge < -0.3 is 5.11 Å². The summed E-state index contributed by atoms with van der Waals surface area (Å²) < 4.78 is 42.8. The van der Waals surface area contributed by atoms with Crippen molar-refractivity contribution in [1.29, 1.82) is 0 Å². The Morgan fingerprint density at radius 2 is 2.00 bits per heavy atom. The predicted octanol–water partition coefficient (Wildman–Crippen LogP) is 2.58. The molecule has 0 radical (unpaired) electrons. The summed E-state index contributed by atoms with van der Waals surface area (Å²) in [5, 5.41) is 9.13. The monoisotopic (exact) mass is 384 g/mol. The highest BCUT2D eigenvalue weighted by atomic mass is 79.9. The van der Waals surface area contributed by atoms with Crippen molar-refractivity contribution in [3.8, 4) is 0 Å². The number of halogens is 3. The Morgan fingerprint density at radius 3 is 2.48 bits per heavy atom. The first-order chi connectivity index (χ1) is 9.52. The molecule has 4 nitrogen and oxygen atoms in total. The highest BCUT2D eigenvalue weighted by Gasteiger charge is 2.42. The van der Waals surface area contributed by atoms with Crippen LogP contribution in [0.1, 0.15) is 33.4 Å². The molecule has 0 aromatic carbocycles. The van der Waals surface area contributed by atoms with Gasteiger partial charge in [-0.3, -0.25) is 0 Å². The summed E-state index contributed by atoms with van der Waals surface area (Å²) in [5.74, 6) is -0.741. The van der Waals surface area contributed by atoms with Crippen molar-refractivity contribution < 1.29 is 18.1 Å². The summed E-state index contributed by atoms with van der Waals surface area (Å²) in [4.78, 5) is 3.94. The molecule has 0 bridgehead atoms. The average Bonchev–Trinajstić information content (AvgIpc) is 2.39. The highest BCUT2D eigenvalue weighted by molar-refractivity contribution is 9.10. The molecule has 3 atom stereocenters. The lowest BCUT2D eigenvalue weighted by Crippen LogP contribution is -2.53. The van der Waals surface area contributed by atoms with Gasteiger partial charge in [-0.25, -0.2) is 22.7 Å². The smallest absolute Gasteiger partial charge is 0.147 e. The van der Waals surface area contributed by atoms with E-state index in [-0.39, 0.29) is 5.69 Å². The summed E-state index contributed by atoms with van der Waals surface area (Å²) in [5.41, 5.74) is -1.96. The van der Waals surface area contributed by atoms with Crippen LogP contribution >= 0.6 is 15.9 Å². The van der Waals surface area contributed by atoms with Crippen LogP contribution in [0, 0.1) is 5.82 Å². The molecule has 0 aliphatic carbocycles. The molecule has 0 fully saturated rings. The molecular formula is C13H19BrF2N2O2S. The number of hydrogen-bond donors (Lipinski definition) is 2. The number of aliphatic hydroxyl groups is 1. The molecule has 0 saturated heterocycles. The molecule has 0 spiro atoms. The third-order valence-electron chi connectivity index (χ3n) is 2.95. The van der Waals surface area contributed by atoms with E-state index in [9.17, 15) is 13.0 Å². The molecule has 8 heteroatoms. The first kappa shape index (κ1) is 18.6. The van der Waals surface area contributed by atoms with Crippen LogP contribution in [0.3, 0.4) is 0 Å². The van der Waals surface area contributed by atoms with Crippen LogP contribution in [-0.4, -0.2) is 31.8 Å². The van der Waals surface area contributed by atoms with E-state index in [0.29, 0.717) is 4.60 Å². The lowest BCUT2D eigenvalue weighted by atomic mass is 9.92. The predicted molar refractivity (Wildman–Crippen MR) is 82.3 cm³/mol.